The van der Waals surface area contributed by atoms with Gasteiger partial charge in [-0.25, -0.2) is 4.98 Å². The van der Waals surface area contributed by atoms with E-state index in [1.807, 2.05) is 11.3 Å². The van der Waals surface area contributed by atoms with Gasteiger partial charge in [0, 0.05) is 23.4 Å². The van der Waals surface area contributed by atoms with E-state index in [0.717, 1.165) is 12.6 Å². The quantitative estimate of drug-likeness (QED) is 0.901. The Morgan fingerprint density at radius 2 is 2.15 bits per heavy atom. The van der Waals surface area contributed by atoms with Gasteiger partial charge in [0.15, 0.2) is 0 Å². The maximum absolute atomic E-state index is 6.01. The van der Waals surface area contributed by atoms with Crippen molar-refractivity contribution in [3.8, 4) is 0 Å². The molecule has 3 heterocycles. The SMILES string of the molecule is CC(C)c1nc(C2CC3CCC2O3)sc1CNC1CC1. The summed E-state index contributed by atoms with van der Waals surface area (Å²) in [5.74, 6) is 1.10. The van der Waals surface area contributed by atoms with Crippen molar-refractivity contribution in [3.63, 3.8) is 0 Å². The van der Waals surface area contributed by atoms with Crippen LogP contribution in [0.1, 0.15) is 73.4 Å². The number of rotatable bonds is 5. The molecule has 4 rings (SSSR count). The molecule has 4 heteroatoms. The van der Waals surface area contributed by atoms with Crippen molar-refractivity contribution in [2.75, 3.05) is 0 Å². The minimum Gasteiger partial charge on any atom is -0.374 e. The maximum atomic E-state index is 6.01. The maximum Gasteiger partial charge on any atom is 0.0989 e. The van der Waals surface area contributed by atoms with Gasteiger partial charge >= 0.3 is 0 Å². The predicted molar refractivity (Wildman–Crippen MR) is 81.3 cm³/mol. The van der Waals surface area contributed by atoms with Gasteiger partial charge in [-0.15, -0.1) is 11.3 Å². The zero-order valence-corrected chi connectivity index (χ0v) is 13.2. The molecule has 2 aliphatic heterocycles. The average Bonchev–Trinajstić information content (AvgIpc) is 2.89. The van der Waals surface area contributed by atoms with Crippen LogP contribution >= 0.6 is 11.3 Å². The molecule has 0 spiro atoms. The molecular formula is C16H24N2OS. The lowest BCUT2D eigenvalue weighted by Gasteiger charge is -2.15. The Morgan fingerprint density at radius 1 is 1.30 bits per heavy atom. The Balaban J connectivity index is 1.55. The minimum absolute atomic E-state index is 0.454. The number of fused-ring (bicyclic) bond motifs is 2. The van der Waals surface area contributed by atoms with E-state index in [9.17, 15) is 0 Å². The van der Waals surface area contributed by atoms with Gasteiger partial charge in [0.05, 0.1) is 22.9 Å². The van der Waals surface area contributed by atoms with Gasteiger partial charge in [-0.05, 0) is 38.0 Å². The second-order valence-electron chi connectivity index (χ2n) is 6.89. The van der Waals surface area contributed by atoms with E-state index in [0.29, 0.717) is 24.0 Å². The highest BCUT2D eigenvalue weighted by molar-refractivity contribution is 7.11. The molecule has 3 atom stereocenters. The number of aromatic nitrogens is 1. The third kappa shape index (κ3) is 2.42. The second kappa shape index (κ2) is 5.08. The third-order valence-corrected chi connectivity index (χ3v) is 6.05. The van der Waals surface area contributed by atoms with Gasteiger partial charge in [0.25, 0.3) is 0 Å². The highest BCUT2D eigenvalue weighted by atomic mass is 32.1. The van der Waals surface area contributed by atoms with Crippen LogP contribution in [-0.4, -0.2) is 23.2 Å². The van der Waals surface area contributed by atoms with Crippen molar-refractivity contribution in [1.29, 1.82) is 0 Å². The first-order chi connectivity index (χ1) is 9.70. The van der Waals surface area contributed by atoms with Crippen LogP contribution in [0.4, 0.5) is 0 Å². The van der Waals surface area contributed by atoms with Crippen LogP contribution in [0.2, 0.25) is 0 Å². The number of ether oxygens (including phenoxy) is 1. The molecule has 20 heavy (non-hydrogen) atoms. The first-order valence-corrected chi connectivity index (χ1v) is 8.90. The van der Waals surface area contributed by atoms with E-state index >= 15 is 0 Å². The van der Waals surface area contributed by atoms with Gasteiger partial charge in [-0.1, -0.05) is 13.8 Å². The summed E-state index contributed by atoms with van der Waals surface area (Å²) < 4.78 is 6.01. The van der Waals surface area contributed by atoms with E-state index < -0.39 is 0 Å². The fourth-order valence-electron chi connectivity index (χ4n) is 3.54. The molecule has 0 aromatic carbocycles. The van der Waals surface area contributed by atoms with E-state index in [4.69, 9.17) is 9.72 Å². The summed E-state index contributed by atoms with van der Waals surface area (Å²) in [6, 6.07) is 0.770. The zero-order chi connectivity index (χ0) is 13.7. The number of nitrogens with zero attached hydrogens (tertiary/aromatic N) is 1. The largest absolute Gasteiger partial charge is 0.374 e. The van der Waals surface area contributed by atoms with Crippen LogP contribution in [0.15, 0.2) is 0 Å². The van der Waals surface area contributed by atoms with Crippen LogP contribution in [0.3, 0.4) is 0 Å². The molecule has 3 unspecified atom stereocenters. The molecule has 2 saturated heterocycles. The Bertz CT molecular complexity index is 495. The fraction of sp³-hybridized carbons (Fsp3) is 0.812. The highest BCUT2D eigenvalue weighted by Crippen LogP contribution is 2.46. The average molecular weight is 292 g/mol. The summed E-state index contributed by atoms with van der Waals surface area (Å²) in [4.78, 5) is 6.47. The summed E-state index contributed by atoms with van der Waals surface area (Å²) in [5.41, 5.74) is 1.32. The smallest absolute Gasteiger partial charge is 0.0989 e. The molecular weight excluding hydrogens is 268 g/mol. The van der Waals surface area contributed by atoms with Gasteiger partial charge in [0.1, 0.15) is 0 Å². The van der Waals surface area contributed by atoms with Crippen LogP contribution in [0, 0.1) is 0 Å². The van der Waals surface area contributed by atoms with E-state index in [2.05, 4.69) is 19.2 Å². The molecule has 3 fully saturated rings. The lowest BCUT2D eigenvalue weighted by atomic mass is 9.90. The van der Waals surface area contributed by atoms with Crippen molar-refractivity contribution >= 4 is 11.3 Å². The van der Waals surface area contributed by atoms with E-state index in [-0.39, 0.29) is 0 Å². The van der Waals surface area contributed by atoms with Crippen LogP contribution in [-0.2, 0) is 11.3 Å². The molecule has 0 radical (unpaired) electrons. The van der Waals surface area contributed by atoms with E-state index in [1.54, 1.807) is 0 Å². The summed E-state index contributed by atoms with van der Waals surface area (Å²) in [6.07, 6.45) is 7.37. The van der Waals surface area contributed by atoms with Crippen molar-refractivity contribution in [2.24, 2.45) is 0 Å². The first-order valence-electron chi connectivity index (χ1n) is 8.09. The lowest BCUT2D eigenvalue weighted by Crippen LogP contribution is -2.15. The van der Waals surface area contributed by atoms with Crippen molar-refractivity contribution in [2.45, 2.75) is 82.6 Å². The standard InChI is InChI=1S/C16H24N2OS/c1-9(2)15-14(8-17-10-3-4-10)20-16(18-15)12-7-11-5-6-13(12)19-11/h9-13,17H,3-8H2,1-2H3. The predicted octanol–water partition coefficient (Wildman–Crippen LogP) is 3.55. The molecule has 110 valence electrons. The van der Waals surface area contributed by atoms with Crippen LogP contribution in [0.5, 0.6) is 0 Å². The van der Waals surface area contributed by atoms with Crippen molar-refractivity contribution in [1.82, 2.24) is 10.3 Å². The lowest BCUT2D eigenvalue weighted by molar-refractivity contribution is 0.100. The Hall–Kier alpha value is -0.450. The van der Waals surface area contributed by atoms with Gasteiger partial charge in [0.2, 0.25) is 0 Å². The van der Waals surface area contributed by atoms with Gasteiger partial charge < -0.3 is 10.1 Å². The summed E-state index contributed by atoms with van der Waals surface area (Å²) in [5, 5.41) is 4.99. The normalized spacial score (nSPS) is 32.5. The van der Waals surface area contributed by atoms with Crippen LogP contribution in [0.25, 0.3) is 0 Å². The summed E-state index contributed by atoms with van der Waals surface area (Å²) in [7, 11) is 0. The van der Waals surface area contributed by atoms with Crippen molar-refractivity contribution in [3.05, 3.63) is 15.6 Å². The van der Waals surface area contributed by atoms with E-state index in [1.165, 1.54) is 47.7 Å². The molecule has 3 aliphatic rings. The number of hydrogen-bond acceptors (Lipinski definition) is 4. The first kappa shape index (κ1) is 13.2. The topological polar surface area (TPSA) is 34.1 Å². The molecule has 1 saturated carbocycles. The Morgan fingerprint density at radius 3 is 2.75 bits per heavy atom. The number of thiazole rings is 1. The fourth-order valence-corrected chi connectivity index (χ4v) is 4.88. The molecule has 0 amide bonds. The molecule has 1 N–H and O–H groups in total. The molecule has 1 aliphatic carbocycles. The third-order valence-electron chi connectivity index (χ3n) is 4.84. The van der Waals surface area contributed by atoms with Crippen molar-refractivity contribution < 1.29 is 4.74 Å². The van der Waals surface area contributed by atoms with Gasteiger partial charge in [-0.2, -0.15) is 0 Å². The van der Waals surface area contributed by atoms with Gasteiger partial charge in [-0.3, -0.25) is 0 Å². The second-order valence-corrected chi connectivity index (χ2v) is 8.00. The number of nitrogens with one attached hydrogen (secondary N) is 1. The van der Waals surface area contributed by atoms with Crippen LogP contribution < -0.4 is 5.32 Å². The molecule has 3 nitrogen and oxygen atoms in total. The zero-order valence-electron chi connectivity index (χ0n) is 12.4. The number of hydrogen-bond donors (Lipinski definition) is 1. The highest BCUT2D eigenvalue weighted by Gasteiger charge is 2.43. The molecule has 1 aromatic rings. The summed E-state index contributed by atoms with van der Waals surface area (Å²) in [6.45, 7) is 5.53. The minimum atomic E-state index is 0.454. The molecule has 2 bridgehead atoms. The monoisotopic (exact) mass is 292 g/mol. The summed E-state index contributed by atoms with van der Waals surface area (Å²) >= 11 is 1.94. The Labute approximate surface area is 125 Å². The Kier molecular flexibility index (Phi) is 3.36. The molecule has 1 aromatic heterocycles.